The van der Waals surface area contributed by atoms with E-state index in [1.54, 1.807) is 0 Å². The molecule has 15 heavy (non-hydrogen) atoms. The standard InChI is InChI=1S/C11H15ClNOP/c12-9-2-1-7(3-10(9)15)11(6-13)4-8(11)5-14/h1-3,8,14H,4-6,13,15H2/t8-,11+/m0/s1. The van der Waals surface area contributed by atoms with E-state index in [0.29, 0.717) is 12.5 Å². The highest BCUT2D eigenvalue weighted by Crippen LogP contribution is 2.53. The average Bonchev–Trinajstić information content (AvgIpc) is 2.97. The van der Waals surface area contributed by atoms with Crippen LogP contribution in [-0.2, 0) is 5.41 Å². The number of aliphatic hydroxyl groups excluding tert-OH is 1. The second-order valence-corrected chi connectivity index (χ2v) is 5.21. The van der Waals surface area contributed by atoms with Crippen molar-refractivity contribution in [2.45, 2.75) is 11.8 Å². The number of nitrogens with two attached hydrogens (primary N) is 1. The molecular weight excluding hydrogens is 229 g/mol. The van der Waals surface area contributed by atoms with E-state index in [-0.39, 0.29) is 12.0 Å². The summed E-state index contributed by atoms with van der Waals surface area (Å²) in [5.74, 6) is 0.313. The molecule has 0 saturated heterocycles. The lowest BCUT2D eigenvalue weighted by Gasteiger charge is -2.16. The number of hydrogen-bond acceptors (Lipinski definition) is 2. The first-order valence-electron chi connectivity index (χ1n) is 5.00. The van der Waals surface area contributed by atoms with Crippen molar-refractivity contribution in [3.8, 4) is 0 Å². The molecule has 0 heterocycles. The van der Waals surface area contributed by atoms with Crippen LogP contribution in [-0.4, -0.2) is 18.3 Å². The number of halogens is 1. The highest BCUT2D eigenvalue weighted by Gasteiger charge is 2.53. The van der Waals surface area contributed by atoms with Gasteiger partial charge >= 0.3 is 0 Å². The molecule has 2 nitrogen and oxygen atoms in total. The first kappa shape index (κ1) is 11.3. The second-order valence-electron chi connectivity index (χ2n) is 4.18. The molecule has 1 unspecified atom stereocenters. The molecule has 0 aromatic heterocycles. The third-order valence-corrected chi connectivity index (χ3v) is 4.39. The van der Waals surface area contributed by atoms with Crippen molar-refractivity contribution in [3.63, 3.8) is 0 Å². The lowest BCUT2D eigenvalue weighted by atomic mass is 9.93. The van der Waals surface area contributed by atoms with E-state index >= 15 is 0 Å². The van der Waals surface area contributed by atoms with E-state index in [1.165, 1.54) is 5.56 Å². The minimum absolute atomic E-state index is 0.00927. The van der Waals surface area contributed by atoms with Crippen LogP contribution in [0.2, 0.25) is 5.02 Å². The maximum atomic E-state index is 9.17. The van der Waals surface area contributed by atoms with Gasteiger partial charge in [-0.3, -0.25) is 0 Å². The van der Waals surface area contributed by atoms with Crippen LogP contribution >= 0.6 is 20.8 Å². The fourth-order valence-electron chi connectivity index (χ4n) is 2.19. The molecule has 0 bridgehead atoms. The van der Waals surface area contributed by atoms with Gasteiger partial charge in [-0.25, -0.2) is 0 Å². The molecule has 3 atom stereocenters. The third-order valence-electron chi connectivity index (χ3n) is 3.39. The lowest BCUT2D eigenvalue weighted by Crippen LogP contribution is -2.24. The molecule has 1 aromatic carbocycles. The first-order chi connectivity index (χ1) is 7.14. The highest BCUT2D eigenvalue weighted by molar-refractivity contribution is 7.28. The van der Waals surface area contributed by atoms with Crippen LogP contribution in [0.3, 0.4) is 0 Å². The Bertz CT molecular complexity index is 385. The van der Waals surface area contributed by atoms with Gasteiger partial charge in [0, 0.05) is 23.6 Å². The molecule has 1 fully saturated rings. The van der Waals surface area contributed by atoms with Gasteiger partial charge in [0.2, 0.25) is 0 Å². The summed E-state index contributed by atoms with van der Waals surface area (Å²) >= 11 is 5.96. The van der Waals surface area contributed by atoms with Crippen molar-refractivity contribution >= 4 is 26.1 Å². The van der Waals surface area contributed by atoms with E-state index < -0.39 is 0 Å². The normalized spacial score (nSPS) is 29.2. The zero-order valence-corrected chi connectivity index (χ0v) is 10.3. The monoisotopic (exact) mass is 243 g/mol. The molecule has 2 rings (SSSR count). The quantitative estimate of drug-likeness (QED) is 0.780. The van der Waals surface area contributed by atoms with Gasteiger partial charge < -0.3 is 10.8 Å². The summed E-state index contributed by atoms with van der Waals surface area (Å²) in [5.41, 5.74) is 6.99. The summed E-state index contributed by atoms with van der Waals surface area (Å²) in [6.45, 7) is 0.802. The van der Waals surface area contributed by atoms with Crippen molar-refractivity contribution in [1.82, 2.24) is 0 Å². The number of benzene rings is 1. The van der Waals surface area contributed by atoms with Gasteiger partial charge in [0.05, 0.1) is 0 Å². The Morgan fingerprint density at radius 1 is 1.60 bits per heavy atom. The van der Waals surface area contributed by atoms with Crippen molar-refractivity contribution in [2.75, 3.05) is 13.2 Å². The zero-order valence-electron chi connectivity index (χ0n) is 8.41. The molecule has 0 spiro atoms. The molecule has 3 N–H and O–H groups in total. The summed E-state index contributed by atoms with van der Waals surface area (Å²) in [4.78, 5) is 0. The van der Waals surface area contributed by atoms with Crippen molar-refractivity contribution in [3.05, 3.63) is 28.8 Å². The lowest BCUT2D eigenvalue weighted by molar-refractivity contribution is 0.264. The number of rotatable bonds is 3. The minimum Gasteiger partial charge on any atom is -0.396 e. The van der Waals surface area contributed by atoms with Crippen LogP contribution in [0.5, 0.6) is 0 Å². The molecule has 1 saturated carbocycles. The Morgan fingerprint density at radius 3 is 2.80 bits per heavy atom. The average molecular weight is 244 g/mol. The predicted octanol–water partition coefficient (Wildman–Crippen LogP) is 1.05. The van der Waals surface area contributed by atoms with Crippen LogP contribution in [0.4, 0.5) is 0 Å². The van der Waals surface area contributed by atoms with E-state index in [2.05, 4.69) is 15.3 Å². The van der Waals surface area contributed by atoms with E-state index in [9.17, 15) is 5.11 Å². The highest BCUT2D eigenvalue weighted by atomic mass is 35.5. The molecule has 0 amide bonds. The minimum atomic E-state index is -0.00927. The molecule has 0 aliphatic heterocycles. The van der Waals surface area contributed by atoms with Gasteiger partial charge in [-0.05, 0) is 35.3 Å². The molecular formula is C11H15ClNOP. The maximum Gasteiger partial charge on any atom is 0.0477 e. The van der Waals surface area contributed by atoms with Crippen molar-refractivity contribution in [1.29, 1.82) is 0 Å². The molecule has 1 aliphatic rings. The van der Waals surface area contributed by atoms with Gasteiger partial charge in [0.1, 0.15) is 0 Å². The van der Waals surface area contributed by atoms with Gasteiger partial charge in [-0.1, -0.05) is 17.7 Å². The van der Waals surface area contributed by atoms with E-state index in [1.807, 2.05) is 12.1 Å². The molecule has 4 heteroatoms. The second kappa shape index (κ2) is 4.03. The van der Waals surface area contributed by atoms with Crippen LogP contribution in [0.15, 0.2) is 18.2 Å². The fraction of sp³-hybridized carbons (Fsp3) is 0.455. The Hall–Kier alpha value is -0.140. The van der Waals surface area contributed by atoms with Crippen molar-refractivity contribution < 1.29 is 5.11 Å². The smallest absolute Gasteiger partial charge is 0.0477 e. The van der Waals surface area contributed by atoms with Gasteiger partial charge in [-0.15, -0.1) is 9.24 Å². The Morgan fingerprint density at radius 2 is 2.33 bits per heavy atom. The van der Waals surface area contributed by atoms with Gasteiger partial charge in [0.25, 0.3) is 0 Å². The largest absolute Gasteiger partial charge is 0.396 e. The summed E-state index contributed by atoms with van der Waals surface area (Å²) in [7, 11) is 2.62. The topological polar surface area (TPSA) is 46.2 Å². The Kier molecular flexibility index (Phi) is 3.05. The number of aliphatic hydroxyl groups is 1. The van der Waals surface area contributed by atoms with E-state index in [0.717, 1.165) is 16.7 Å². The number of hydrogen-bond donors (Lipinski definition) is 2. The summed E-state index contributed by atoms with van der Waals surface area (Å²) in [5, 5.41) is 10.9. The Labute approximate surface area is 97.0 Å². The summed E-state index contributed by atoms with van der Waals surface area (Å²) < 4.78 is 0. The summed E-state index contributed by atoms with van der Waals surface area (Å²) in [6, 6.07) is 5.96. The molecule has 82 valence electrons. The van der Waals surface area contributed by atoms with Crippen LogP contribution < -0.4 is 11.0 Å². The fourth-order valence-corrected chi connectivity index (χ4v) is 2.59. The van der Waals surface area contributed by atoms with Crippen LogP contribution in [0, 0.1) is 5.92 Å². The summed E-state index contributed by atoms with van der Waals surface area (Å²) in [6.07, 6.45) is 0.978. The van der Waals surface area contributed by atoms with Crippen LogP contribution in [0.25, 0.3) is 0 Å². The first-order valence-corrected chi connectivity index (χ1v) is 5.96. The molecule has 0 radical (unpaired) electrons. The molecule has 1 aliphatic carbocycles. The van der Waals surface area contributed by atoms with Crippen molar-refractivity contribution in [2.24, 2.45) is 11.7 Å². The zero-order chi connectivity index (χ0) is 11.1. The molecule has 1 aromatic rings. The predicted molar refractivity (Wildman–Crippen MR) is 66.7 cm³/mol. The van der Waals surface area contributed by atoms with E-state index in [4.69, 9.17) is 17.3 Å². The maximum absolute atomic E-state index is 9.17. The van der Waals surface area contributed by atoms with Gasteiger partial charge in [0.15, 0.2) is 0 Å². The van der Waals surface area contributed by atoms with Gasteiger partial charge in [-0.2, -0.15) is 0 Å². The van der Waals surface area contributed by atoms with Crippen LogP contribution in [0.1, 0.15) is 12.0 Å². The third kappa shape index (κ3) is 1.81. The SMILES string of the molecule is NC[C@@]1(c2ccc(Cl)c(P)c2)C[C@H]1CO. The Balaban J connectivity index is 2.33.